The van der Waals surface area contributed by atoms with Crippen LogP contribution in [0.4, 0.5) is 0 Å². The van der Waals surface area contributed by atoms with E-state index in [1.165, 1.54) is 11.5 Å². The van der Waals surface area contributed by atoms with Crippen molar-refractivity contribution in [2.24, 2.45) is 0 Å². The second-order valence-electron chi connectivity index (χ2n) is 1.40. The molecule has 0 radical (unpaired) electrons. The van der Waals surface area contributed by atoms with Crippen molar-refractivity contribution in [1.29, 1.82) is 0 Å². The van der Waals surface area contributed by atoms with E-state index < -0.39 is 0 Å². The van der Waals surface area contributed by atoms with Gasteiger partial charge in [0.05, 0.1) is 0 Å². The van der Waals surface area contributed by atoms with E-state index in [0.29, 0.717) is 0 Å². The predicted octanol–water partition coefficient (Wildman–Crippen LogP) is 1.46. The average Bonchev–Trinajstić information content (AvgIpc) is 1.31. The lowest BCUT2D eigenvalue weighted by atomic mass is 10.5. The van der Waals surface area contributed by atoms with Gasteiger partial charge in [-0.3, -0.25) is 0 Å². The number of thioether (sulfide) groups is 2. The van der Waals surface area contributed by atoms with Gasteiger partial charge in [-0.25, -0.2) is 0 Å². The molecule has 0 N–H and O–H groups in total. The molecule has 0 amide bonds. The highest BCUT2D eigenvalue weighted by molar-refractivity contribution is 8.07. The molecule has 1 fully saturated rings. The van der Waals surface area contributed by atoms with Crippen molar-refractivity contribution in [2.75, 3.05) is 17.8 Å². The average molecular weight is 120 g/mol. The summed E-state index contributed by atoms with van der Waals surface area (Å²) in [6.07, 6.45) is 2.18. The van der Waals surface area contributed by atoms with Crippen LogP contribution in [0, 0.1) is 0 Å². The van der Waals surface area contributed by atoms with Gasteiger partial charge in [0.25, 0.3) is 0 Å². The molecule has 1 heterocycles. The SMILES string of the molecule is CSC1CSC1. The quantitative estimate of drug-likeness (QED) is 0.514. The van der Waals surface area contributed by atoms with Gasteiger partial charge in [-0.1, -0.05) is 0 Å². The Morgan fingerprint density at radius 3 is 2.33 bits per heavy atom. The Morgan fingerprint density at radius 1 is 1.67 bits per heavy atom. The summed E-state index contributed by atoms with van der Waals surface area (Å²) in [4.78, 5) is 0. The van der Waals surface area contributed by atoms with Crippen LogP contribution in [0.5, 0.6) is 0 Å². The van der Waals surface area contributed by atoms with Crippen molar-refractivity contribution >= 4 is 23.5 Å². The molecule has 6 heavy (non-hydrogen) atoms. The van der Waals surface area contributed by atoms with Gasteiger partial charge in [0, 0.05) is 16.8 Å². The van der Waals surface area contributed by atoms with Gasteiger partial charge in [-0.05, 0) is 6.26 Å². The molecule has 0 atom stereocenters. The summed E-state index contributed by atoms with van der Waals surface area (Å²) in [6.45, 7) is 0. The van der Waals surface area contributed by atoms with Gasteiger partial charge in [-0.15, -0.1) is 0 Å². The molecule has 0 aliphatic carbocycles. The maximum Gasteiger partial charge on any atom is 0.0226 e. The molecule has 1 saturated heterocycles. The van der Waals surface area contributed by atoms with Gasteiger partial charge in [0.15, 0.2) is 0 Å². The summed E-state index contributed by atoms with van der Waals surface area (Å²) in [5.41, 5.74) is 0. The molecule has 1 rings (SSSR count). The fraction of sp³-hybridized carbons (Fsp3) is 1.00. The first-order valence-electron chi connectivity index (χ1n) is 2.04. The first-order valence-corrected chi connectivity index (χ1v) is 4.48. The van der Waals surface area contributed by atoms with E-state index in [2.05, 4.69) is 6.26 Å². The van der Waals surface area contributed by atoms with Gasteiger partial charge < -0.3 is 0 Å². The molecule has 0 nitrogen and oxygen atoms in total. The largest absolute Gasteiger partial charge is 0.160 e. The predicted molar refractivity (Wildman–Crippen MR) is 34.6 cm³/mol. The fourth-order valence-electron chi connectivity index (χ4n) is 0.350. The third-order valence-corrected chi connectivity index (χ3v) is 3.64. The Balaban J connectivity index is 2.01. The molecule has 0 aromatic carbocycles. The highest BCUT2D eigenvalue weighted by Crippen LogP contribution is 2.26. The van der Waals surface area contributed by atoms with Crippen LogP contribution < -0.4 is 0 Å². The fourth-order valence-corrected chi connectivity index (χ4v) is 2.44. The minimum absolute atomic E-state index is 0.995. The zero-order chi connectivity index (χ0) is 4.41. The van der Waals surface area contributed by atoms with E-state index in [1.807, 2.05) is 23.5 Å². The number of hydrogen-bond donors (Lipinski definition) is 0. The Labute approximate surface area is 47.1 Å². The molecule has 1 aliphatic rings. The van der Waals surface area contributed by atoms with Crippen LogP contribution in [-0.4, -0.2) is 23.0 Å². The van der Waals surface area contributed by atoms with Crippen LogP contribution in [0.15, 0.2) is 0 Å². The van der Waals surface area contributed by atoms with E-state index in [0.717, 1.165) is 5.25 Å². The van der Waals surface area contributed by atoms with Gasteiger partial charge in [0.2, 0.25) is 0 Å². The van der Waals surface area contributed by atoms with Crippen LogP contribution in [0.25, 0.3) is 0 Å². The molecule has 0 unspecified atom stereocenters. The molecule has 0 bridgehead atoms. The van der Waals surface area contributed by atoms with Crippen LogP contribution in [0.2, 0.25) is 0 Å². The van der Waals surface area contributed by atoms with Gasteiger partial charge in [-0.2, -0.15) is 23.5 Å². The first kappa shape index (κ1) is 4.85. The minimum Gasteiger partial charge on any atom is -0.160 e. The smallest absolute Gasteiger partial charge is 0.0226 e. The summed E-state index contributed by atoms with van der Waals surface area (Å²) in [5.74, 6) is 2.78. The molecule has 36 valence electrons. The van der Waals surface area contributed by atoms with E-state index >= 15 is 0 Å². The molecule has 0 aromatic heterocycles. The van der Waals surface area contributed by atoms with E-state index in [1.54, 1.807) is 0 Å². The maximum atomic E-state index is 2.18. The summed E-state index contributed by atoms with van der Waals surface area (Å²) in [5, 5.41) is 0.995. The van der Waals surface area contributed by atoms with E-state index in [4.69, 9.17) is 0 Å². The molecular formula is C4H8S2. The second-order valence-corrected chi connectivity index (χ2v) is 3.61. The molecule has 0 saturated carbocycles. The van der Waals surface area contributed by atoms with Gasteiger partial charge >= 0.3 is 0 Å². The topological polar surface area (TPSA) is 0 Å². The first-order chi connectivity index (χ1) is 2.93. The Bertz CT molecular complexity index is 38.1. The van der Waals surface area contributed by atoms with E-state index in [9.17, 15) is 0 Å². The summed E-state index contributed by atoms with van der Waals surface area (Å²) in [6, 6.07) is 0. The highest BCUT2D eigenvalue weighted by Gasteiger charge is 2.15. The van der Waals surface area contributed by atoms with Crippen molar-refractivity contribution in [3.05, 3.63) is 0 Å². The third-order valence-electron chi connectivity index (χ3n) is 0.941. The monoisotopic (exact) mass is 120 g/mol. The molecule has 2 heteroatoms. The highest BCUT2D eigenvalue weighted by atomic mass is 32.2. The second kappa shape index (κ2) is 2.12. The molecule has 1 aliphatic heterocycles. The lowest BCUT2D eigenvalue weighted by Crippen LogP contribution is -2.19. The molecule has 0 aromatic rings. The number of hydrogen-bond acceptors (Lipinski definition) is 2. The Kier molecular flexibility index (Phi) is 1.72. The zero-order valence-corrected chi connectivity index (χ0v) is 5.44. The minimum atomic E-state index is 0.995. The van der Waals surface area contributed by atoms with Crippen molar-refractivity contribution in [3.63, 3.8) is 0 Å². The third kappa shape index (κ3) is 0.850. The van der Waals surface area contributed by atoms with Crippen molar-refractivity contribution in [1.82, 2.24) is 0 Å². The van der Waals surface area contributed by atoms with Crippen molar-refractivity contribution < 1.29 is 0 Å². The maximum absolute atomic E-state index is 2.18. The van der Waals surface area contributed by atoms with Crippen molar-refractivity contribution in [2.45, 2.75) is 5.25 Å². The summed E-state index contributed by atoms with van der Waals surface area (Å²) >= 11 is 4.04. The summed E-state index contributed by atoms with van der Waals surface area (Å²) in [7, 11) is 0. The molecular weight excluding hydrogens is 112 g/mol. The Morgan fingerprint density at radius 2 is 2.33 bits per heavy atom. The van der Waals surface area contributed by atoms with E-state index in [-0.39, 0.29) is 0 Å². The zero-order valence-electron chi connectivity index (χ0n) is 3.81. The lowest BCUT2D eigenvalue weighted by molar-refractivity contribution is 1.09. The van der Waals surface area contributed by atoms with Crippen LogP contribution >= 0.6 is 23.5 Å². The van der Waals surface area contributed by atoms with Gasteiger partial charge in [0.1, 0.15) is 0 Å². The van der Waals surface area contributed by atoms with Crippen molar-refractivity contribution in [3.8, 4) is 0 Å². The normalized spacial score (nSPS) is 23.5. The summed E-state index contributed by atoms with van der Waals surface area (Å²) < 4.78 is 0. The van der Waals surface area contributed by atoms with Crippen LogP contribution in [0.1, 0.15) is 0 Å². The van der Waals surface area contributed by atoms with Crippen LogP contribution in [0.3, 0.4) is 0 Å². The molecule has 0 spiro atoms. The number of rotatable bonds is 1. The lowest BCUT2D eigenvalue weighted by Gasteiger charge is -2.21. The van der Waals surface area contributed by atoms with Crippen LogP contribution in [-0.2, 0) is 0 Å². The standard InChI is InChI=1S/C4H8S2/c1-5-4-2-6-3-4/h4H,2-3H2,1H3. The Hall–Kier alpha value is 0.700.